The third kappa shape index (κ3) is 2.29. The molecule has 17 heavy (non-hydrogen) atoms. The number of H-pyrrole nitrogens is 1. The number of carbonyl (C=O) groups excluding carboxylic acids is 1. The van der Waals surface area contributed by atoms with Gasteiger partial charge >= 0.3 is 5.97 Å². The lowest BCUT2D eigenvalue weighted by Crippen LogP contribution is -2.21. The van der Waals surface area contributed by atoms with Crippen molar-refractivity contribution < 1.29 is 9.53 Å². The highest BCUT2D eigenvalue weighted by Crippen LogP contribution is 2.19. The first kappa shape index (κ1) is 11.6. The lowest BCUT2D eigenvalue weighted by Gasteiger charge is -2.16. The van der Waals surface area contributed by atoms with Crippen molar-refractivity contribution >= 4 is 18.2 Å². The summed E-state index contributed by atoms with van der Waals surface area (Å²) >= 11 is 5.13. The number of aromatic nitrogens is 2. The molecule has 1 aromatic heterocycles. The molecule has 0 saturated heterocycles. The van der Waals surface area contributed by atoms with Crippen LogP contribution in [0.5, 0.6) is 0 Å². The summed E-state index contributed by atoms with van der Waals surface area (Å²) in [4.78, 5) is 14.7. The van der Waals surface area contributed by atoms with Gasteiger partial charge in [-0.05, 0) is 17.8 Å². The molecule has 0 aliphatic heterocycles. The molecule has 0 aliphatic carbocycles. The fraction of sp³-hybridized carbons (Fsp3) is 0.167. The van der Waals surface area contributed by atoms with Crippen molar-refractivity contribution in [2.24, 2.45) is 0 Å². The molecule has 1 atom stereocenters. The molecule has 0 spiro atoms. The van der Waals surface area contributed by atoms with Crippen LogP contribution in [0.2, 0.25) is 0 Å². The highest BCUT2D eigenvalue weighted by Gasteiger charge is 2.23. The third-order valence-corrected chi connectivity index (χ3v) is 2.82. The highest BCUT2D eigenvalue weighted by atomic mass is 32.1. The summed E-state index contributed by atoms with van der Waals surface area (Å²) < 4.78 is 6.99. The first-order chi connectivity index (χ1) is 8.24. The highest BCUT2D eigenvalue weighted by molar-refractivity contribution is 7.71. The number of hydrogen-bond acceptors (Lipinski definition) is 3. The first-order valence-corrected chi connectivity index (χ1v) is 5.53. The van der Waals surface area contributed by atoms with Gasteiger partial charge in [0.05, 0.1) is 7.11 Å². The number of benzene rings is 1. The van der Waals surface area contributed by atoms with Crippen LogP contribution in [0.1, 0.15) is 11.6 Å². The van der Waals surface area contributed by atoms with Crippen molar-refractivity contribution in [1.29, 1.82) is 0 Å². The number of imidazole rings is 1. The molecule has 0 saturated carbocycles. The summed E-state index contributed by atoms with van der Waals surface area (Å²) in [5, 5.41) is 0. The number of rotatable bonds is 3. The summed E-state index contributed by atoms with van der Waals surface area (Å²) in [7, 11) is 1.37. The Hall–Kier alpha value is -1.88. The lowest BCUT2D eigenvalue weighted by molar-refractivity contribution is -0.143. The molecule has 1 heterocycles. The topological polar surface area (TPSA) is 47.0 Å². The summed E-state index contributed by atoms with van der Waals surface area (Å²) in [5.41, 5.74) is 0.843. The Morgan fingerprint density at radius 3 is 2.65 bits per heavy atom. The van der Waals surface area contributed by atoms with Gasteiger partial charge in [-0.1, -0.05) is 30.3 Å². The summed E-state index contributed by atoms with van der Waals surface area (Å²) in [6.07, 6.45) is 3.43. The zero-order chi connectivity index (χ0) is 12.3. The lowest BCUT2D eigenvalue weighted by atomic mass is 10.1. The van der Waals surface area contributed by atoms with Crippen LogP contribution in [0.4, 0.5) is 0 Å². The Balaban J connectivity index is 2.51. The van der Waals surface area contributed by atoms with Gasteiger partial charge < -0.3 is 14.3 Å². The van der Waals surface area contributed by atoms with Crippen molar-refractivity contribution in [2.75, 3.05) is 7.11 Å². The van der Waals surface area contributed by atoms with Gasteiger partial charge in [0.1, 0.15) is 0 Å². The van der Waals surface area contributed by atoms with E-state index in [1.165, 1.54) is 7.11 Å². The van der Waals surface area contributed by atoms with Gasteiger partial charge in [0.25, 0.3) is 0 Å². The number of carbonyl (C=O) groups is 1. The van der Waals surface area contributed by atoms with Gasteiger partial charge in [-0.2, -0.15) is 0 Å². The molecule has 1 aromatic carbocycles. The molecule has 1 N–H and O–H groups in total. The van der Waals surface area contributed by atoms with E-state index < -0.39 is 6.04 Å². The maximum absolute atomic E-state index is 11.9. The third-order valence-electron chi connectivity index (χ3n) is 2.49. The molecule has 5 heteroatoms. The summed E-state index contributed by atoms with van der Waals surface area (Å²) in [6.45, 7) is 0. The van der Waals surface area contributed by atoms with Crippen molar-refractivity contribution in [1.82, 2.24) is 9.55 Å². The fourth-order valence-electron chi connectivity index (χ4n) is 1.69. The molecule has 0 radical (unpaired) electrons. The van der Waals surface area contributed by atoms with Gasteiger partial charge in [0.2, 0.25) is 0 Å². The number of nitrogens with zero attached hydrogens (tertiary/aromatic N) is 1. The Morgan fingerprint density at radius 1 is 1.41 bits per heavy atom. The monoisotopic (exact) mass is 248 g/mol. The largest absolute Gasteiger partial charge is 0.467 e. The van der Waals surface area contributed by atoms with Crippen LogP contribution >= 0.6 is 12.2 Å². The molecular formula is C12H12N2O2S. The average Bonchev–Trinajstić information content (AvgIpc) is 2.77. The number of aromatic amines is 1. The van der Waals surface area contributed by atoms with Crippen LogP contribution in [-0.2, 0) is 9.53 Å². The summed E-state index contributed by atoms with van der Waals surface area (Å²) in [5.74, 6) is -0.341. The van der Waals surface area contributed by atoms with E-state index in [0.29, 0.717) is 4.77 Å². The number of ether oxygens (including phenoxy) is 1. The standard InChI is InChI=1S/C12H12N2O2S/c1-16-11(15)10(9-5-3-2-4-6-9)14-8-7-13-12(14)17/h2-8,10H,1H3,(H,13,17). The van der Waals surface area contributed by atoms with Gasteiger partial charge in [-0.25, -0.2) is 4.79 Å². The minimum atomic E-state index is -0.542. The van der Waals surface area contributed by atoms with Crippen molar-refractivity contribution in [3.8, 4) is 0 Å². The van der Waals surface area contributed by atoms with E-state index in [9.17, 15) is 4.79 Å². The van der Waals surface area contributed by atoms with E-state index >= 15 is 0 Å². The average molecular weight is 248 g/mol. The van der Waals surface area contributed by atoms with E-state index in [0.717, 1.165) is 5.56 Å². The second kappa shape index (κ2) is 4.97. The number of esters is 1. The van der Waals surface area contributed by atoms with Crippen molar-refractivity contribution in [3.05, 3.63) is 53.1 Å². The van der Waals surface area contributed by atoms with E-state index in [1.807, 2.05) is 30.3 Å². The zero-order valence-electron chi connectivity index (χ0n) is 9.29. The number of methoxy groups -OCH3 is 1. The SMILES string of the molecule is COC(=O)C(c1ccccc1)n1cc[nH]c1=S. The molecule has 88 valence electrons. The molecule has 1 unspecified atom stereocenters. The first-order valence-electron chi connectivity index (χ1n) is 5.12. The van der Waals surface area contributed by atoms with Gasteiger partial charge in [0, 0.05) is 12.4 Å². The van der Waals surface area contributed by atoms with E-state index in [2.05, 4.69) is 4.98 Å². The molecule has 0 amide bonds. The van der Waals surface area contributed by atoms with Crippen LogP contribution in [0.15, 0.2) is 42.7 Å². The fourth-order valence-corrected chi connectivity index (χ4v) is 1.93. The minimum absolute atomic E-state index is 0.341. The maximum Gasteiger partial charge on any atom is 0.333 e. The molecule has 0 fully saturated rings. The normalized spacial score (nSPS) is 12.1. The second-order valence-corrected chi connectivity index (χ2v) is 3.90. The van der Waals surface area contributed by atoms with Crippen LogP contribution < -0.4 is 0 Å². The van der Waals surface area contributed by atoms with Gasteiger partial charge in [-0.3, -0.25) is 0 Å². The van der Waals surface area contributed by atoms with Gasteiger partial charge in [0.15, 0.2) is 10.8 Å². The van der Waals surface area contributed by atoms with E-state index in [-0.39, 0.29) is 5.97 Å². The van der Waals surface area contributed by atoms with Crippen molar-refractivity contribution in [3.63, 3.8) is 0 Å². The molecule has 2 aromatic rings. The van der Waals surface area contributed by atoms with Crippen LogP contribution in [0.3, 0.4) is 0 Å². The van der Waals surface area contributed by atoms with E-state index in [1.54, 1.807) is 17.0 Å². The minimum Gasteiger partial charge on any atom is -0.467 e. The second-order valence-electron chi connectivity index (χ2n) is 3.51. The van der Waals surface area contributed by atoms with Crippen LogP contribution in [0.25, 0.3) is 0 Å². The maximum atomic E-state index is 11.9. The van der Waals surface area contributed by atoms with Crippen LogP contribution in [0, 0.1) is 4.77 Å². The molecule has 2 rings (SSSR count). The van der Waals surface area contributed by atoms with Gasteiger partial charge in [-0.15, -0.1) is 0 Å². The number of hydrogen-bond donors (Lipinski definition) is 1. The Labute approximate surface area is 104 Å². The smallest absolute Gasteiger partial charge is 0.333 e. The molecule has 4 nitrogen and oxygen atoms in total. The predicted molar refractivity (Wildman–Crippen MR) is 66.2 cm³/mol. The summed E-state index contributed by atoms with van der Waals surface area (Å²) in [6, 6.07) is 8.85. The molecule has 0 aliphatic rings. The molecular weight excluding hydrogens is 236 g/mol. The number of nitrogens with one attached hydrogen (secondary N) is 1. The predicted octanol–water partition coefficient (Wildman–Crippen LogP) is 2.31. The van der Waals surface area contributed by atoms with Crippen molar-refractivity contribution in [2.45, 2.75) is 6.04 Å². The Kier molecular flexibility index (Phi) is 3.39. The Morgan fingerprint density at radius 2 is 2.12 bits per heavy atom. The van der Waals surface area contributed by atoms with Crippen LogP contribution in [-0.4, -0.2) is 22.6 Å². The quantitative estimate of drug-likeness (QED) is 0.669. The molecule has 0 bridgehead atoms. The Bertz CT molecular complexity index is 559. The van der Waals surface area contributed by atoms with E-state index in [4.69, 9.17) is 17.0 Å². The zero-order valence-corrected chi connectivity index (χ0v) is 10.1.